The first kappa shape index (κ1) is 10.5. The highest BCUT2D eigenvalue weighted by molar-refractivity contribution is 5.46. The van der Waals surface area contributed by atoms with Crippen LogP contribution in [0.1, 0.15) is 18.5 Å². The third kappa shape index (κ3) is 1.98. The van der Waals surface area contributed by atoms with Crippen molar-refractivity contribution in [3.63, 3.8) is 0 Å². The van der Waals surface area contributed by atoms with Gasteiger partial charge in [0.15, 0.2) is 0 Å². The Kier molecular flexibility index (Phi) is 2.69. The Balaban J connectivity index is 1.74. The molecule has 2 atom stereocenters. The van der Waals surface area contributed by atoms with Gasteiger partial charge in [0, 0.05) is 19.1 Å². The van der Waals surface area contributed by atoms with Gasteiger partial charge in [0.25, 0.3) is 0 Å². The summed E-state index contributed by atoms with van der Waals surface area (Å²) in [6.45, 7) is 3.36. The number of piperidine rings is 1. The fourth-order valence-corrected chi connectivity index (χ4v) is 2.92. The smallest absolute Gasteiger partial charge is 0.140 e. The molecule has 2 saturated heterocycles. The van der Waals surface area contributed by atoms with Crippen molar-refractivity contribution in [3.05, 3.63) is 24.0 Å². The SMILES string of the molecule is N#Cc1ccc(N2CCC3NCCC3C2)cn1. The predicted molar refractivity (Wildman–Crippen MR) is 65.7 cm³/mol. The van der Waals surface area contributed by atoms with E-state index in [9.17, 15) is 0 Å². The minimum absolute atomic E-state index is 0.492. The van der Waals surface area contributed by atoms with Gasteiger partial charge in [-0.1, -0.05) is 0 Å². The molecule has 0 radical (unpaired) electrons. The summed E-state index contributed by atoms with van der Waals surface area (Å²) in [5.74, 6) is 0.777. The molecule has 17 heavy (non-hydrogen) atoms. The number of pyridine rings is 1. The number of rotatable bonds is 1. The molecule has 0 bridgehead atoms. The summed E-state index contributed by atoms with van der Waals surface area (Å²) in [6.07, 6.45) is 4.32. The van der Waals surface area contributed by atoms with Gasteiger partial charge in [-0.25, -0.2) is 4.98 Å². The van der Waals surface area contributed by atoms with Crippen molar-refractivity contribution >= 4 is 5.69 Å². The van der Waals surface area contributed by atoms with E-state index in [1.54, 1.807) is 6.07 Å². The zero-order valence-corrected chi connectivity index (χ0v) is 9.76. The van der Waals surface area contributed by atoms with E-state index in [2.05, 4.69) is 21.3 Å². The highest BCUT2D eigenvalue weighted by atomic mass is 15.2. The Morgan fingerprint density at radius 3 is 3.12 bits per heavy atom. The van der Waals surface area contributed by atoms with E-state index in [0.717, 1.165) is 37.3 Å². The Hall–Kier alpha value is -1.60. The maximum atomic E-state index is 8.73. The van der Waals surface area contributed by atoms with Crippen molar-refractivity contribution in [1.29, 1.82) is 5.26 Å². The van der Waals surface area contributed by atoms with Crippen molar-refractivity contribution in [2.45, 2.75) is 18.9 Å². The number of nitriles is 1. The normalized spacial score (nSPS) is 27.6. The van der Waals surface area contributed by atoms with Gasteiger partial charge in [-0.2, -0.15) is 5.26 Å². The molecule has 0 amide bonds. The van der Waals surface area contributed by atoms with Gasteiger partial charge in [-0.3, -0.25) is 0 Å². The quantitative estimate of drug-likeness (QED) is 0.783. The number of nitrogens with zero attached hydrogens (tertiary/aromatic N) is 3. The summed E-state index contributed by atoms with van der Waals surface area (Å²) in [4.78, 5) is 6.53. The molecule has 0 saturated carbocycles. The second-order valence-electron chi connectivity index (χ2n) is 4.86. The molecule has 1 aromatic heterocycles. The zero-order chi connectivity index (χ0) is 11.7. The topological polar surface area (TPSA) is 52.0 Å². The Morgan fingerprint density at radius 2 is 2.35 bits per heavy atom. The van der Waals surface area contributed by atoms with Crippen LogP contribution in [0.25, 0.3) is 0 Å². The molecule has 0 aromatic carbocycles. The van der Waals surface area contributed by atoms with E-state index in [1.165, 1.54) is 12.8 Å². The van der Waals surface area contributed by atoms with Crippen LogP contribution >= 0.6 is 0 Å². The summed E-state index contributed by atoms with van der Waals surface area (Å²) in [5, 5.41) is 12.3. The van der Waals surface area contributed by atoms with Gasteiger partial charge in [-0.15, -0.1) is 0 Å². The van der Waals surface area contributed by atoms with Gasteiger partial charge < -0.3 is 10.2 Å². The average Bonchev–Trinajstić information content (AvgIpc) is 2.86. The van der Waals surface area contributed by atoms with E-state index in [4.69, 9.17) is 5.26 Å². The van der Waals surface area contributed by atoms with Crippen LogP contribution in [0.5, 0.6) is 0 Å². The van der Waals surface area contributed by atoms with Crippen molar-refractivity contribution in [3.8, 4) is 6.07 Å². The predicted octanol–water partition coefficient (Wildman–Crippen LogP) is 1.14. The standard InChI is InChI=1S/C13H16N4/c14-7-11-1-2-12(8-16-11)17-6-4-13-10(9-17)3-5-15-13/h1-2,8,10,13,15H,3-6,9H2. The lowest BCUT2D eigenvalue weighted by Gasteiger charge is -2.36. The summed E-state index contributed by atoms with van der Waals surface area (Å²) in [7, 11) is 0. The van der Waals surface area contributed by atoms with Crippen LogP contribution in [0.15, 0.2) is 18.3 Å². The lowest BCUT2D eigenvalue weighted by molar-refractivity contribution is 0.376. The summed E-state index contributed by atoms with van der Waals surface area (Å²) in [6, 6.07) is 6.58. The van der Waals surface area contributed by atoms with Crippen molar-refractivity contribution in [2.75, 3.05) is 24.5 Å². The van der Waals surface area contributed by atoms with Crippen LogP contribution in [-0.2, 0) is 0 Å². The van der Waals surface area contributed by atoms with Crippen LogP contribution in [0.3, 0.4) is 0 Å². The Morgan fingerprint density at radius 1 is 1.41 bits per heavy atom. The summed E-state index contributed by atoms with van der Waals surface area (Å²) in [5.41, 5.74) is 1.64. The van der Waals surface area contributed by atoms with Crippen molar-refractivity contribution in [1.82, 2.24) is 10.3 Å². The fraction of sp³-hybridized carbons (Fsp3) is 0.538. The third-order valence-corrected chi connectivity index (χ3v) is 3.88. The van der Waals surface area contributed by atoms with Crippen LogP contribution in [0, 0.1) is 17.2 Å². The number of fused-ring (bicyclic) bond motifs is 1. The molecule has 3 rings (SSSR count). The molecule has 2 fully saturated rings. The highest BCUT2D eigenvalue weighted by Gasteiger charge is 2.32. The van der Waals surface area contributed by atoms with E-state index >= 15 is 0 Å². The Labute approximate surface area is 101 Å². The molecule has 4 nitrogen and oxygen atoms in total. The molecule has 1 N–H and O–H groups in total. The van der Waals surface area contributed by atoms with Crippen molar-refractivity contribution < 1.29 is 0 Å². The van der Waals surface area contributed by atoms with E-state index in [1.807, 2.05) is 12.3 Å². The van der Waals surface area contributed by atoms with Gasteiger partial charge >= 0.3 is 0 Å². The van der Waals surface area contributed by atoms with Gasteiger partial charge in [0.2, 0.25) is 0 Å². The minimum atomic E-state index is 0.492. The molecule has 2 unspecified atom stereocenters. The molecular formula is C13H16N4. The number of hydrogen-bond donors (Lipinski definition) is 1. The number of aromatic nitrogens is 1. The van der Waals surface area contributed by atoms with E-state index in [0.29, 0.717) is 5.69 Å². The van der Waals surface area contributed by atoms with Crippen LogP contribution in [0.2, 0.25) is 0 Å². The summed E-state index contributed by atoms with van der Waals surface area (Å²) >= 11 is 0. The molecule has 1 aromatic rings. The maximum absolute atomic E-state index is 8.73. The summed E-state index contributed by atoms with van der Waals surface area (Å²) < 4.78 is 0. The monoisotopic (exact) mass is 228 g/mol. The fourth-order valence-electron chi connectivity index (χ4n) is 2.92. The molecule has 4 heteroatoms. The first-order chi connectivity index (χ1) is 8.36. The lowest BCUT2D eigenvalue weighted by Crippen LogP contribution is -2.44. The minimum Gasteiger partial charge on any atom is -0.370 e. The molecular weight excluding hydrogens is 212 g/mol. The first-order valence-corrected chi connectivity index (χ1v) is 6.21. The maximum Gasteiger partial charge on any atom is 0.140 e. The molecule has 2 aliphatic rings. The third-order valence-electron chi connectivity index (χ3n) is 3.88. The van der Waals surface area contributed by atoms with E-state index < -0.39 is 0 Å². The van der Waals surface area contributed by atoms with Crippen LogP contribution in [-0.4, -0.2) is 30.7 Å². The van der Waals surface area contributed by atoms with Gasteiger partial charge in [-0.05, 0) is 37.4 Å². The van der Waals surface area contributed by atoms with Crippen LogP contribution in [0.4, 0.5) is 5.69 Å². The molecule has 3 heterocycles. The molecule has 2 aliphatic heterocycles. The first-order valence-electron chi connectivity index (χ1n) is 6.21. The lowest BCUT2D eigenvalue weighted by atomic mass is 9.93. The molecule has 88 valence electrons. The molecule has 0 aliphatic carbocycles. The number of anilines is 1. The second-order valence-corrected chi connectivity index (χ2v) is 4.86. The highest BCUT2D eigenvalue weighted by Crippen LogP contribution is 2.27. The number of hydrogen-bond acceptors (Lipinski definition) is 4. The second kappa shape index (κ2) is 4.34. The van der Waals surface area contributed by atoms with Crippen molar-refractivity contribution in [2.24, 2.45) is 5.92 Å². The molecule has 0 spiro atoms. The zero-order valence-electron chi connectivity index (χ0n) is 9.76. The van der Waals surface area contributed by atoms with Gasteiger partial charge in [0.1, 0.15) is 11.8 Å². The largest absolute Gasteiger partial charge is 0.370 e. The van der Waals surface area contributed by atoms with Gasteiger partial charge in [0.05, 0.1) is 11.9 Å². The Bertz CT molecular complexity index is 434. The van der Waals surface area contributed by atoms with E-state index in [-0.39, 0.29) is 0 Å². The average molecular weight is 228 g/mol. The van der Waals surface area contributed by atoms with Crippen LogP contribution < -0.4 is 10.2 Å². The number of nitrogens with one attached hydrogen (secondary N) is 1.